The van der Waals surface area contributed by atoms with Crippen LogP contribution in [0.5, 0.6) is 0 Å². The van der Waals surface area contributed by atoms with Crippen molar-refractivity contribution < 1.29 is 14.6 Å². The van der Waals surface area contributed by atoms with Crippen molar-refractivity contribution in [2.75, 3.05) is 10.6 Å². The van der Waals surface area contributed by atoms with E-state index in [2.05, 4.69) is 15.6 Å². The second kappa shape index (κ2) is 8.65. The van der Waals surface area contributed by atoms with E-state index in [1.165, 1.54) is 0 Å². The summed E-state index contributed by atoms with van der Waals surface area (Å²) >= 11 is 6.39. The van der Waals surface area contributed by atoms with Crippen molar-refractivity contribution in [2.45, 2.75) is 32.6 Å². The summed E-state index contributed by atoms with van der Waals surface area (Å²) in [5.74, 6) is 0. The molecule has 4 rings (SSSR count). The van der Waals surface area contributed by atoms with Crippen molar-refractivity contribution >= 4 is 50.9 Å². The van der Waals surface area contributed by atoms with Gasteiger partial charge in [0.2, 0.25) is 0 Å². The van der Waals surface area contributed by atoms with Gasteiger partial charge in [-0.3, -0.25) is 5.32 Å². The molecule has 0 bridgehead atoms. The first-order chi connectivity index (χ1) is 15.2. The second-order valence-corrected chi connectivity index (χ2v) is 8.85. The average molecular weight is 450 g/mol. The summed E-state index contributed by atoms with van der Waals surface area (Å²) in [6, 6.07) is 20.2. The average Bonchev–Trinajstić information content (AvgIpc) is 2.73. The predicted molar refractivity (Wildman–Crippen MR) is 129 cm³/mol. The fraction of sp³-hybridized carbons (Fsp3) is 0.200. The van der Waals surface area contributed by atoms with Crippen molar-refractivity contribution in [3.05, 3.63) is 77.3 Å². The molecule has 1 unspecified atom stereocenters. The maximum Gasteiger partial charge on any atom is 0.412 e. The van der Waals surface area contributed by atoms with Crippen LogP contribution in [0.15, 0.2) is 66.7 Å². The number of carbonyl (C=O) groups excluding carboxylic acids is 1. The third kappa shape index (κ3) is 4.77. The van der Waals surface area contributed by atoms with E-state index < -0.39 is 17.9 Å². The quantitative estimate of drug-likeness (QED) is 0.245. The highest BCUT2D eigenvalue weighted by atomic mass is 35.5. The zero-order valence-corrected chi connectivity index (χ0v) is 18.8. The van der Waals surface area contributed by atoms with E-state index in [4.69, 9.17) is 16.3 Å². The van der Waals surface area contributed by atoms with Crippen LogP contribution >= 0.6 is 11.6 Å². The van der Waals surface area contributed by atoms with Gasteiger partial charge < -0.3 is 15.2 Å². The molecule has 0 aliphatic rings. The number of benzene rings is 3. The van der Waals surface area contributed by atoms with E-state index in [-0.39, 0.29) is 0 Å². The molecule has 0 fully saturated rings. The van der Waals surface area contributed by atoms with Crippen LogP contribution in [-0.4, -0.2) is 21.8 Å². The van der Waals surface area contributed by atoms with Crippen molar-refractivity contribution in [3.63, 3.8) is 0 Å². The highest BCUT2D eigenvalue weighted by molar-refractivity contribution is 6.35. The van der Waals surface area contributed by atoms with Gasteiger partial charge in [0.05, 0.1) is 21.7 Å². The molecule has 1 heterocycles. The number of amides is 1. The fourth-order valence-electron chi connectivity index (χ4n) is 3.46. The largest absolute Gasteiger partial charge is 0.444 e. The number of aliphatic hydroxyl groups excluding tert-OH is 1. The van der Waals surface area contributed by atoms with Gasteiger partial charge in [0.15, 0.2) is 6.23 Å². The van der Waals surface area contributed by atoms with Gasteiger partial charge in [-0.1, -0.05) is 54.1 Å². The van der Waals surface area contributed by atoms with Crippen molar-refractivity contribution in [2.24, 2.45) is 0 Å². The summed E-state index contributed by atoms with van der Waals surface area (Å²) in [4.78, 5) is 16.8. The molecule has 1 aromatic heterocycles. The maximum absolute atomic E-state index is 12.1. The van der Waals surface area contributed by atoms with Crippen LogP contribution in [-0.2, 0) is 4.74 Å². The molecule has 32 heavy (non-hydrogen) atoms. The lowest BCUT2D eigenvalue weighted by molar-refractivity contribution is 0.0636. The van der Waals surface area contributed by atoms with E-state index in [1.54, 1.807) is 51.1 Å². The third-order valence-corrected chi connectivity index (χ3v) is 5.10. The second-order valence-electron chi connectivity index (χ2n) is 8.44. The number of carbonyl (C=O) groups is 1. The molecule has 0 aliphatic heterocycles. The van der Waals surface area contributed by atoms with Crippen LogP contribution in [0.2, 0.25) is 5.02 Å². The first-order valence-corrected chi connectivity index (χ1v) is 10.6. The van der Waals surface area contributed by atoms with Gasteiger partial charge in [-0.2, -0.15) is 0 Å². The van der Waals surface area contributed by atoms with Crippen LogP contribution in [0.4, 0.5) is 16.2 Å². The molecule has 6 nitrogen and oxygen atoms in total. The number of aliphatic hydroxyl groups is 1. The Morgan fingerprint density at radius 2 is 1.75 bits per heavy atom. The van der Waals surface area contributed by atoms with E-state index in [9.17, 15) is 9.90 Å². The van der Waals surface area contributed by atoms with E-state index >= 15 is 0 Å². The number of rotatable bonds is 4. The minimum atomic E-state index is -1.04. The van der Waals surface area contributed by atoms with Crippen LogP contribution in [0.3, 0.4) is 0 Å². The summed E-state index contributed by atoms with van der Waals surface area (Å²) in [6.07, 6.45) is -1.60. The minimum Gasteiger partial charge on any atom is -0.444 e. The number of nitrogens with zero attached hydrogens (tertiary/aromatic N) is 1. The Balaban J connectivity index is 1.66. The first kappa shape index (κ1) is 21.9. The van der Waals surface area contributed by atoms with Gasteiger partial charge in [-0.15, -0.1) is 0 Å². The number of hydrogen-bond donors (Lipinski definition) is 3. The molecular weight excluding hydrogens is 426 g/mol. The number of nitrogens with one attached hydrogen (secondary N) is 2. The van der Waals surface area contributed by atoms with Crippen molar-refractivity contribution in [1.82, 2.24) is 4.98 Å². The topological polar surface area (TPSA) is 83.5 Å². The van der Waals surface area contributed by atoms with Crippen LogP contribution < -0.4 is 10.6 Å². The van der Waals surface area contributed by atoms with E-state index in [1.807, 2.05) is 36.4 Å². The number of hydrogen-bond acceptors (Lipinski definition) is 5. The number of ether oxygens (including phenoxy) is 1. The Morgan fingerprint density at radius 1 is 1.03 bits per heavy atom. The summed E-state index contributed by atoms with van der Waals surface area (Å²) in [5, 5.41) is 19.1. The van der Waals surface area contributed by atoms with Crippen LogP contribution in [0.1, 0.15) is 32.6 Å². The molecule has 1 amide bonds. The Hall–Kier alpha value is -3.35. The molecule has 4 aromatic rings. The minimum absolute atomic E-state index is 0.519. The van der Waals surface area contributed by atoms with Gasteiger partial charge >= 0.3 is 6.09 Å². The number of para-hydroxylation sites is 2. The maximum atomic E-state index is 12.1. The first-order valence-electron chi connectivity index (χ1n) is 10.2. The van der Waals surface area contributed by atoms with Crippen LogP contribution in [0, 0.1) is 0 Å². The SMILES string of the molecule is CC(C)(C)OC(=O)Nc1cccc(C(O)Nc2c3ccccc3nc3c(Cl)cccc23)c1. The fourth-order valence-corrected chi connectivity index (χ4v) is 3.68. The molecule has 0 aliphatic carbocycles. The molecule has 3 aromatic carbocycles. The standard InChI is InChI=1S/C25H24ClN3O3/c1-25(2,3)32-24(31)27-16-9-6-8-15(14-16)23(30)29-21-17-10-4-5-13-20(17)28-22-18(21)11-7-12-19(22)26/h4-14,23,30H,1-3H3,(H,27,31)(H,28,29). The smallest absolute Gasteiger partial charge is 0.412 e. The Kier molecular flexibility index (Phi) is 5.91. The summed E-state index contributed by atoms with van der Waals surface area (Å²) in [7, 11) is 0. The number of halogens is 1. The zero-order chi connectivity index (χ0) is 22.9. The molecule has 0 radical (unpaired) electrons. The number of pyridine rings is 1. The molecule has 7 heteroatoms. The lowest BCUT2D eigenvalue weighted by Gasteiger charge is -2.21. The summed E-state index contributed by atoms with van der Waals surface area (Å²) in [6.45, 7) is 5.39. The highest BCUT2D eigenvalue weighted by Crippen LogP contribution is 2.35. The van der Waals surface area contributed by atoms with Gasteiger partial charge in [0, 0.05) is 22.0 Å². The summed E-state index contributed by atoms with van der Waals surface area (Å²) < 4.78 is 5.30. The molecule has 164 valence electrons. The van der Waals surface area contributed by atoms with E-state index in [0.717, 1.165) is 22.0 Å². The Labute approximate surface area is 191 Å². The zero-order valence-electron chi connectivity index (χ0n) is 18.0. The number of anilines is 2. The predicted octanol–water partition coefficient (Wildman–Crippen LogP) is 6.49. The Morgan fingerprint density at radius 3 is 2.53 bits per heavy atom. The third-order valence-electron chi connectivity index (χ3n) is 4.79. The molecule has 1 atom stereocenters. The van der Waals surface area contributed by atoms with Gasteiger partial charge in [0.1, 0.15) is 5.60 Å². The van der Waals surface area contributed by atoms with Gasteiger partial charge in [0.25, 0.3) is 0 Å². The van der Waals surface area contributed by atoms with Crippen molar-refractivity contribution in [1.29, 1.82) is 0 Å². The molecular formula is C25H24ClN3O3. The van der Waals surface area contributed by atoms with E-state index in [0.29, 0.717) is 21.8 Å². The summed E-state index contributed by atoms with van der Waals surface area (Å²) in [5.41, 5.74) is 2.64. The monoisotopic (exact) mass is 449 g/mol. The van der Waals surface area contributed by atoms with Gasteiger partial charge in [-0.05, 0) is 45.0 Å². The van der Waals surface area contributed by atoms with Crippen LogP contribution in [0.25, 0.3) is 21.8 Å². The van der Waals surface area contributed by atoms with Gasteiger partial charge in [-0.25, -0.2) is 9.78 Å². The lowest BCUT2D eigenvalue weighted by atomic mass is 10.1. The lowest BCUT2D eigenvalue weighted by Crippen LogP contribution is -2.27. The number of fused-ring (bicyclic) bond motifs is 2. The normalized spacial score (nSPS) is 12.5. The highest BCUT2D eigenvalue weighted by Gasteiger charge is 2.18. The number of aromatic nitrogens is 1. The van der Waals surface area contributed by atoms with Crippen molar-refractivity contribution in [3.8, 4) is 0 Å². The molecule has 0 saturated carbocycles. The molecule has 0 saturated heterocycles. The molecule has 3 N–H and O–H groups in total. The Bertz CT molecular complexity index is 1300. The molecule has 0 spiro atoms.